The average molecular weight is 263 g/mol. The topological polar surface area (TPSA) is 72.0 Å². The molecule has 2 rings (SSSR count). The van der Waals surface area contributed by atoms with E-state index in [1.807, 2.05) is 0 Å². The molecule has 1 heterocycles. The van der Waals surface area contributed by atoms with Crippen LogP contribution >= 0.6 is 0 Å². The van der Waals surface area contributed by atoms with Crippen LogP contribution in [0.4, 0.5) is 8.78 Å². The molecule has 1 aromatic carbocycles. The first-order chi connectivity index (χ1) is 9.06. The third kappa shape index (κ3) is 3.25. The second kappa shape index (κ2) is 5.43. The normalized spacial score (nSPS) is 10.2. The molecule has 0 radical (unpaired) electrons. The molecule has 4 nitrogen and oxygen atoms in total. The number of halogens is 2. The molecule has 0 atom stereocenters. The number of rotatable bonds is 4. The summed E-state index contributed by atoms with van der Waals surface area (Å²) >= 11 is 0. The Labute approximate surface area is 108 Å². The summed E-state index contributed by atoms with van der Waals surface area (Å²) in [4.78, 5) is 3.89. The van der Waals surface area contributed by atoms with Crippen LogP contribution in [-0.2, 0) is 6.61 Å². The Kier molecular flexibility index (Phi) is 3.70. The largest absolute Gasteiger partial charge is 0.486 e. The van der Waals surface area contributed by atoms with Crippen LogP contribution < -0.4 is 10.5 Å². The van der Waals surface area contributed by atoms with Crippen LogP contribution in [0.1, 0.15) is 11.3 Å². The van der Waals surface area contributed by atoms with Crippen LogP contribution in [0, 0.1) is 17.0 Å². The first-order valence-electron chi connectivity index (χ1n) is 5.43. The molecule has 3 N–H and O–H groups in total. The lowest BCUT2D eigenvalue weighted by atomic mass is 10.2. The van der Waals surface area contributed by atoms with Crippen LogP contribution in [0.25, 0.3) is 0 Å². The summed E-state index contributed by atoms with van der Waals surface area (Å²) in [6, 6.07) is 6.19. The highest BCUT2D eigenvalue weighted by atomic mass is 19.1. The molecule has 0 aliphatic heterocycles. The van der Waals surface area contributed by atoms with Crippen molar-refractivity contribution >= 4 is 5.84 Å². The van der Waals surface area contributed by atoms with Crippen LogP contribution in [0.3, 0.4) is 0 Å². The average Bonchev–Trinajstić information content (AvgIpc) is 2.40. The van der Waals surface area contributed by atoms with E-state index in [0.29, 0.717) is 11.3 Å². The highest BCUT2D eigenvalue weighted by Gasteiger charge is 2.06. The number of benzene rings is 1. The van der Waals surface area contributed by atoms with Crippen molar-refractivity contribution in [2.24, 2.45) is 5.73 Å². The number of nitrogens with zero attached hydrogens (tertiary/aromatic N) is 1. The molecule has 0 saturated carbocycles. The predicted molar refractivity (Wildman–Crippen MR) is 65.9 cm³/mol. The first-order valence-corrected chi connectivity index (χ1v) is 5.43. The molecule has 0 aliphatic carbocycles. The minimum atomic E-state index is -0.637. The zero-order valence-corrected chi connectivity index (χ0v) is 9.86. The fraction of sp³-hybridized carbons (Fsp3) is 0.0769. The molecule has 0 spiro atoms. The van der Waals surface area contributed by atoms with Crippen molar-refractivity contribution in [3.05, 3.63) is 59.4 Å². The fourth-order valence-electron chi connectivity index (χ4n) is 1.46. The number of hydrogen-bond donors (Lipinski definition) is 2. The molecule has 0 saturated heterocycles. The minimum absolute atomic E-state index is 0.0309. The Balaban J connectivity index is 2.12. The number of nitrogen functional groups attached to an aromatic ring is 1. The maximum Gasteiger partial charge on any atom is 0.165 e. The highest BCUT2D eigenvalue weighted by Crippen LogP contribution is 2.19. The summed E-state index contributed by atoms with van der Waals surface area (Å²) in [7, 11) is 0. The molecular weight excluding hydrogens is 252 g/mol. The molecule has 1 aromatic heterocycles. The highest BCUT2D eigenvalue weighted by molar-refractivity contribution is 5.93. The van der Waals surface area contributed by atoms with Crippen molar-refractivity contribution in [1.82, 2.24) is 4.98 Å². The molecule has 98 valence electrons. The van der Waals surface area contributed by atoms with Gasteiger partial charge in [-0.2, -0.15) is 0 Å². The third-order valence-electron chi connectivity index (χ3n) is 2.39. The molecular formula is C13H11F2N3O. The Hall–Kier alpha value is -2.50. The number of ether oxygens (including phenoxy) is 1. The summed E-state index contributed by atoms with van der Waals surface area (Å²) in [6.07, 6.45) is 1.47. The Bertz CT molecular complexity index is 617. The van der Waals surface area contributed by atoms with Gasteiger partial charge in [0.05, 0.1) is 0 Å². The summed E-state index contributed by atoms with van der Waals surface area (Å²) in [5.74, 6) is -1.54. The predicted octanol–water partition coefficient (Wildman–Crippen LogP) is 2.22. The van der Waals surface area contributed by atoms with Gasteiger partial charge in [-0.25, -0.2) is 8.78 Å². The van der Waals surface area contributed by atoms with E-state index in [0.717, 1.165) is 18.2 Å². The van der Waals surface area contributed by atoms with Gasteiger partial charge in [-0.1, -0.05) is 0 Å². The summed E-state index contributed by atoms with van der Waals surface area (Å²) in [5, 5.41) is 7.26. The Morgan fingerprint density at radius 2 is 2.05 bits per heavy atom. The molecule has 0 unspecified atom stereocenters. The molecule has 0 amide bonds. The molecule has 0 aliphatic rings. The van der Waals surface area contributed by atoms with E-state index >= 15 is 0 Å². The number of nitrogens with one attached hydrogen (secondary N) is 1. The van der Waals surface area contributed by atoms with E-state index in [1.54, 1.807) is 12.1 Å². The summed E-state index contributed by atoms with van der Waals surface area (Å²) in [6.45, 7) is 0.0309. The number of pyridine rings is 1. The zero-order valence-electron chi connectivity index (χ0n) is 9.86. The van der Waals surface area contributed by atoms with Gasteiger partial charge >= 0.3 is 0 Å². The molecule has 0 bridgehead atoms. The smallest absolute Gasteiger partial charge is 0.165 e. The fourth-order valence-corrected chi connectivity index (χ4v) is 1.46. The van der Waals surface area contributed by atoms with E-state index in [1.165, 1.54) is 6.20 Å². The van der Waals surface area contributed by atoms with Crippen molar-refractivity contribution in [3.63, 3.8) is 0 Å². The summed E-state index contributed by atoms with van der Waals surface area (Å²) < 4.78 is 31.4. The zero-order chi connectivity index (χ0) is 13.8. The lowest BCUT2D eigenvalue weighted by Crippen LogP contribution is -2.13. The van der Waals surface area contributed by atoms with Crippen LogP contribution in [-0.4, -0.2) is 10.8 Å². The van der Waals surface area contributed by atoms with Crippen molar-refractivity contribution in [2.75, 3.05) is 0 Å². The van der Waals surface area contributed by atoms with Crippen molar-refractivity contribution < 1.29 is 13.5 Å². The summed E-state index contributed by atoms with van der Waals surface area (Å²) in [5.41, 5.74) is 6.27. The van der Waals surface area contributed by atoms with Gasteiger partial charge in [-0.15, -0.1) is 0 Å². The van der Waals surface area contributed by atoms with E-state index in [4.69, 9.17) is 15.9 Å². The van der Waals surface area contributed by atoms with Crippen LogP contribution in [0.5, 0.6) is 5.75 Å². The van der Waals surface area contributed by atoms with E-state index in [2.05, 4.69) is 4.98 Å². The van der Waals surface area contributed by atoms with Crippen molar-refractivity contribution in [2.45, 2.75) is 6.61 Å². The Morgan fingerprint density at radius 3 is 2.79 bits per heavy atom. The van der Waals surface area contributed by atoms with E-state index in [9.17, 15) is 8.78 Å². The van der Waals surface area contributed by atoms with Gasteiger partial charge in [0.15, 0.2) is 11.6 Å². The number of hydrogen-bond acceptors (Lipinski definition) is 3. The Morgan fingerprint density at radius 1 is 1.26 bits per heavy atom. The maximum absolute atomic E-state index is 13.3. The van der Waals surface area contributed by atoms with E-state index < -0.39 is 11.6 Å². The molecule has 19 heavy (non-hydrogen) atoms. The van der Waals surface area contributed by atoms with Gasteiger partial charge in [0.1, 0.15) is 24.0 Å². The van der Waals surface area contributed by atoms with Gasteiger partial charge in [0.2, 0.25) is 0 Å². The van der Waals surface area contributed by atoms with Crippen LogP contribution in [0.15, 0.2) is 36.5 Å². The monoisotopic (exact) mass is 263 g/mol. The van der Waals surface area contributed by atoms with Gasteiger partial charge in [-0.05, 0) is 29.8 Å². The number of aromatic nitrogens is 1. The minimum Gasteiger partial charge on any atom is -0.486 e. The van der Waals surface area contributed by atoms with Gasteiger partial charge in [-0.3, -0.25) is 10.4 Å². The second-order valence-electron chi connectivity index (χ2n) is 3.83. The number of amidine groups is 1. The maximum atomic E-state index is 13.3. The van der Waals surface area contributed by atoms with Gasteiger partial charge in [0.25, 0.3) is 0 Å². The molecule has 6 heteroatoms. The lowest BCUT2D eigenvalue weighted by molar-refractivity contribution is 0.288. The van der Waals surface area contributed by atoms with Crippen molar-refractivity contribution in [1.29, 1.82) is 5.41 Å². The van der Waals surface area contributed by atoms with E-state index in [-0.39, 0.29) is 18.2 Å². The lowest BCUT2D eigenvalue weighted by Gasteiger charge is -2.08. The first kappa shape index (κ1) is 12.9. The van der Waals surface area contributed by atoms with Crippen molar-refractivity contribution in [3.8, 4) is 5.75 Å². The van der Waals surface area contributed by atoms with Gasteiger partial charge in [0, 0.05) is 12.3 Å². The number of nitrogens with two attached hydrogens (primary N) is 1. The third-order valence-corrected chi connectivity index (χ3v) is 2.39. The molecule has 0 fully saturated rings. The van der Waals surface area contributed by atoms with Gasteiger partial charge < -0.3 is 10.5 Å². The van der Waals surface area contributed by atoms with Crippen LogP contribution in [0.2, 0.25) is 0 Å². The molecule has 2 aromatic rings. The SMILES string of the molecule is N=C(N)c1cc(COc2cc(F)ccc2F)ccn1. The second-order valence-corrected chi connectivity index (χ2v) is 3.83. The quantitative estimate of drug-likeness (QED) is 0.656. The standard InChI is InChI=1S/C13H11F2N3O/c14-9-1-2-10(15)12(6-9)19-7-8-3-4-18-11(5-8)13(16)17/h1-6H,7H2,(H3,16,17).